The van der Waals surface area contributed by atoms with Crippen LogP contribution in [0.1, 0.15) is 34.1 Å². The Morgan fingerprint density at radius 3 is 2.71 bits per heavy atom. The van der Waals surface area contributed by atoms with Crippen molar-refractivity contribution in [2.45, 2.75) is 45.7 Å². The lowest BCUT2D eigenvalue weighted by molar-refractivity contribution is -0.138. The molecule has 0 spiro atoms. The monoisotopic (exact) mass is 258 g/mol. The van der Waals surface area contributed by atoms with Crippen LogP contribution in [0.5, 0.6) is 0 Å². The fraction of sp³-hybridized carbons (Fsp3) is 0.833. The first-order valence-corrected chi connectivity index (χ1v) is 7.23. The molecule has 17 heavy (non-hydrogen) atoms. The topological polar surface area (TPSA) is 49.4 Å². The molecule has 1 N–H and O–H groups in total. The summed E-state index contributed by atoms with van der Waals surface area (Å²) >= 11 is 1.81. The highest BCUT2D eigenvalue weighted by molar-refractivity contribution is 7.99. The molecule has 1 rings (SSSR count). The van der Waals surface area contributed by atoms with E-state index in [2.05, 4.69) is 12.2 Å². The van der Waals surface area contributed by atoms with Gasteiger partial charge in [-0.2, -0.15) is 11.8 Å². The van der Waals surface area contributed by atoms with Gasteiger partial charge in [-0.25, -0.2) is 0 Å². The third-order valence-electron chi connectivity index (χ3n) is 2.94. The van der Waals surface area contributed by atoms with Crippen LogP contribution in [0, 0.1) is 0 Å². The molecule has 1 unspecified atom stereocenters. The summed E-state index contributed by atoms with van der Waals surface area (Å²) < 4.78 is 0. The number of amides is 2. The lowest BCUT2D eigenvalue weighted by atomic mass is 10.0. The minimum absolute atomic E-state index is 0.0123. The maximum atomic E-state index is 12.3. The van der Waals surface area contributed by atoms with Crippen molar-refractivity contribution in [2.24, 2.45) is 0 Å². The summed E-state index contributed by atoms with van der Waals surface area (Å²) in [6.45, 7) is 8.30. The van der Waals surface area contributed by atoms with Gasteiger partial charge in [-0.3, -0.25) is 9.59 Å². The predicted octanol–water partition coefficient (Wildman–Crippen LogP) is 1.26. The van der Waals surface area contributed by atoms with E-state index in [0.717, 1.165) is 18.1 Å². The van der Waals surface area contributed by atoms with Gasteiger partial charge in [-0.15, -0.1) is 0 Å². The highest BCUT2D eigenvalue weighted by atomic mass is 32.2. The van der Waals surface area contributed by atoms with Crippen molar-refractivity contribution in [3.63, 3.8) is 0 Å². The van der Waals surface area contributed by atoms with Crippen molar-refractivity contribution >= 4 is 23.6 Å². The highest BCUT2D eigenvalue weighted by Crippen LogP contribution is 2.18. The standard InChI is InChI=1S/C12H22N2O2S/c1-5-17-7-6-14-9(2)8-10(15)13-12(3,4)11(14)16/h9H,5-8H2,1-4H3,(H,13,15). The SMILES string of the molecule is CCSCCN1C(=O)C(C)(C)NC(=O)CC1C. The Labute approximate surface area is 108 Å². The molecule has 0 radical (unpaired) electrons. The van der Waals surface area contributed by atoms with E-state index in [-0.39, 0.29) is 17.9 Å². The van der Waals surface area contributed by atoms with E-state index in [1.165, 1.54) is 0 Å². The van der Waals surface area contributed by atoms with E-state index in [1.807, 2.05) is 23.6 Å². The first-order valence-electron chi connectivity index (χ1n) is 6.08. The maximum absolute atomic E-state index is 12.3. The molecule has 0 saturated carbocycles. The molecule has 1 heterocycles. The summed E-state index contributed by atoms with van der Waals surface area (Å²) in [5.41, 5.74) is -0.779. The number of thioether (sulfide) groups is 1. The van der Waals surface area contributed by atoms with Gasteiger partial charge < -0.3 is 10.2 Å². The summed E-state index contributed by atoms with van der Waals surface area (Å²) in [5, 5.41) is 2.78. The van der Waals surface area contributed by atoms with Crippen molar-refractivity contribution in [1.29, 1.82) is 0 Å². The molecule has 0 aliphatic carbocycles. The minimum atomic E-state index is -0.779. The Balaban J connectivity index is 2.77. The second-order valence-electron chi connectivity index (χ2n) is 4.92. The molecule has 1 aliphatic rings. The molecule has 2 amide bonds. The maximum Gasteiger partial charge on any atom is 0.248 e. The molecular formula is C12H22N2O2S. The Bertz CT molecular complexity index is 305. The largest absolute Gasteiger partial charge is 0.342 e. The molecule has 98 valence electrons. The lowest BCUT2D eigenvalue weighted by Crippen LogP contribution is -2.54. The number of nitrogens with one attached hydrogen (secondary N) is 1. The predicted molar refractivity (Wildman–Crippen MR) is 71.0 cm³/mol. The molecule has 1 atom stereocenters. The Kier molecular flexibility index (Phi) is 4.86. The second-order valence-corrected chi connectivity index (χ2v) is 6.32. The number of nitrogens with zero attached hydrogens (tertiary/aromatic N) is 1. The molecule has 0 aromatic heterocycles. The van der Waals surface area contributed by atoms with E-state index in [0.29, 0.717) is 6.42 Å². The molecule has 0 bridgehead atoms. The summed E-state index contributed by atoms with van der Waals surface area (Å²) in [7, 11) is 0. The Morgan fingerprint density at radius 1 is 1.47 bits per heavy atom. The third kappa shape index (κ3) is 3.63. The summed E-state index contributed by atoms with van der Waals surface area (Å²) in [6, 6.07) is -0.0123. The van der Waals surface area contributed by atoms with Gasteiger partial charge in [-0.05, 0) is 26.5 Å². The van der Waals surface area contributed by atoms with Crippen LogP contribution in [-0.4, -0.2) is 46.3 Å². The van der Waals surface area contributed by atoms with E-state index in [9.17, 15) is 9.59 Å². The molecule has 1 saturated heterocycles. The van der Waals surface area contributed by atoms with E-state index in [4.69, 9.17) is 0 Å². The fourth-order valence-electron chi connectivity index (χ4n) is 2.02. The van der Waals surface area contributed by atoms with Crippen molar-refractivity contribution in [3.8, 4) is 0 Å². The minimum Gasteiger partial charge on any atom is -0.342 e. The summed E-state index contributed by atoms with van der Waals surface area (Å²) in [6.07, 6.45) is 0.395. The highest BCUT2D eigenvalue weighted by Gasteiger charge is 2.39. The molecule has 5 heteroatoms. The van der Waals surface area contributed by atoms with E-state index < -0.39 is 5.54 Å². The smallest absolute Gasteiger partial charge is 0.248 e. The number of hydrogen-bond acceptors (Lipinski definition) is 3. The molecule has 0 aromatic rings. The van der Waals surface area contributed by atoms with Crippen LogP contribution in [-0.2, 0) is 9.59 Å². The van der Waals surface area contributed by atoms with E-state index in [1.54, 1.807) is 13.8 Å². The zero-order valence-electron chi connectivity index (χ0n) is 11.1. The van der Waals surface area contributed by atoms with Gasteiger partial charge in [0.15, 0.2) is 0 Å². The van der Waals surface area contributed by atoms with Crippen molar-refractivity contribution in [3.05, 3.63) is 0 Å². The molecule has 1 fully saturated rings. The van der Waals surface area contributed by atoms with E-state index >= 15 is 0 Å². The van der Waals surface area contributed by atoms with Crippen LogP contribution < -0.4 is 5.32 Å². The number of carbonyl (C=O) groups excluding carboxylic acids is 2. The summed E-state index contributed by atoms with van der Waals surface area (Å²) in [4.78, 5) is 25.8. The first kappa shape index (κ1) is 14.4. The molecule has 0 aromatic carbocycles. The fourth-order valence-corrected chi connectivity index (χ4v) is 2.63. The van der Waals surface area contributed by atoms with Crippen LogP contribution in [0.15, 0.2) is 0 Å². The van der Waals surface area contributed by atoms with Crippen LogP contribution in [0.4, 0.5) is 0 Å². The lowest BCUT2D eigenvalue weighted by Gasteiger charge is -2.31. The van der Waals surface area contributed by atoms with Gasteiger partial charge >= 0.3 is 0 Å². The van der Waals surface area contributed by atoms with Gasteiger partial charge in [0.25, 0.3) is 0 Å². The van der Waals surface area contributed by atoms with Gasteiger partial charge in [-0.1, -0.05) is 6.92 Å². The second kappa shape index (κ2) is 5.76. The zero-order chi connectivity index (χ0) is 13.1. The molecule has 1 aliphatic heterocycles. The van der Waals surface area contributed by atoms with Crippen molar-refractivity contribution in [2.75, 3.05) is 18.1 Å². The third-order valence-corrected chi connectivity index (χ3v) is 3.82. The van der Waals surface area contributed by atoms with Gasteiger partial charge in [0.05, 0.1) is 0 Å². The van der Waals surface area contributed by atoms with Crippen molar-refractivity contribution in [1.82, 2.24) is 10.2 Å². The number of carbonyl (C=O) groups is 2. The molecular weight excluding hydrogens is 236 g/mol. The van der Waals surface area contributed by atoms with Gasteiger partial charge in [0, 0.05) is 24.8 Å². The molecule has 4 nitrogen and oxygen atoms in total. The van der Waals surface area contributed by atoms with Crippen LogP contribution in [0.3, 0.4) is 0 Å². The van der Waals surface area contributed by atoms with Gasteiger partial charge in [0.1, 0.15) is 5.54 Å². The Morgan fingerprint density at radius 2 is 2.12 bits per heavy atom. The average molecular weight is 258 g/mol. The van der Waals surface area contributed by atoms with Gasteiger partial charge in [0.2, 0.25) is 11.8 Å². The van der Waals surface area contributed by atoms with Crippen molar-refractivity contribution < 1.29 is 9.59 Å². The summed E-state index contributed by atoms with van der Waals surface area (Å²) in [5.74, 6) is 1.96. The average Bonchev–Trinajstić information content (AvgIpc) is 2.27. The number of rotatable bonds is 4. The Hall–Kier alpha value is -0.710. The first-order chi connectivity index (χ1) is 7.88. The van der Waals surface area contributed by atoms with Crippen LogP contribution in [0.2, 0.25) is 0 Å². The zero-order valence-corrected chi connectivity index (χ0v) is 11.9. The normalized spacial score (nSPS) is 24.5. The quantitative estimate of drug-likeness (QED) is 0.772. The van der Waals surface area contributed by atoms with Crippen LogP contribution >= 0.6 is 11.8 Å². The van der Waals surface area contributed by atoms with Crippen LogP contribution in [0.25, 0.3) is 0 Å². The number of hydrogen-bond donors (Lipinski definition) is 1.